The second-order valence-corrected chi connectivity index (χ2v) is 4.45. The molecule has 0 amide bonds. The van der Waals surface area contributed by atoms with Crippen molar-refractivity contribution in [3.63, 3.8) is 0 Å². The maximum absolute atomic E-state index is 11.2. The summed E-state index contributed by atoms with van der Waals surface area (Å²) >= 11 is 0. The van der Waals surface area contributed by atoms with E-state index >= 15 is 0 Å². The van der Waals surface area contributed by atoms with Crippen LogP contribution in [-0.2, 0) is 0 Å². The molecule has 2 aromatic rings. The van der Waals surface area contributed by atoms with Crippen LogP contribution in [0.1, 0.15) is 18.1 Å². The highest BCUT2D eigenvalue weighted by atomic mass is 16.6. The van der Waals surface area contributed by atoms with Crippen LogP contribution in [0.4, 0.5) is 17.1 Å². The van der Waals surface area contributed by atoms with E-state index in [4.69, 9.17) is 15.3 Å². The third-order valence-electron chi connectivity index (χ3n) is 3.03. The number of rotatable bonds is 5. The van der Waals surface area contributed by atoms with Gasteiger partial charge in [0, 0.05) is 6.07 Å². The number of nitrogens with zero attached hydrogens (tertiary/aromatic N) is 3. The molecule has 0 spiro atoms. The molecule has 0 atom stereocenters. The van der Waals surface area contributed by atoms with Crippen molar-refractivity contribution in [2.45, 2.75) is 6.92 Å². The predicted molar refractivity (Wildman–Crippen MR) is 83.4 cm³/mol. The molecule has 0 aromatic heterocycles. The first-order valence-corrected chi connectivity index (χ1v) is 6.72. The van der Waals surface area contributed by atoms with Gasteiger partial charge < -0.3 is 10.1 Å². The SMILES string of the molecule is CCOc1ccccc1Nc1cc(C#N)c(C#N)cc1[N+](=O)[O-]. The highest BCUT2D eigenvalue weighted by Gasteiger charge is 2.19. The lowest BCUT2D eigenvalue weighted by Crippen LogP contribution is -2.02. The molecule has 0 saturated heterocycles. The summed E-state index contributed by atoms with van der Waals surface area (Å²) in [7, 11) is 0. The highest BCUT2D eigenvalue weighted by Crippen LogP contribution is 2.34. The Morgan fingerprint density at radius 3 is 2.43 bits per heavy atom. The molecule has 7 nitrogen and oxygen atoms in total. The van der Waals surface area contributed by atoms with Gasteiger partial charge in [0.15, 0.2) is 0 Å². The Morgan fingerprint density at radius 1 is 1.17 bits per heavy atom. The van der Waals surface area contributed by atoms with Crippen molar-refractivity contribution in [2.75, 3.05) is 11.9 Å². The van der Waals surface area contributed by atoms with E-state index < -0.39 is 4.92 Å². The van der Waals surface area contributed by atoms with Gasteiger partial charge in [0.1, 0.15) is 23.6 Å². The molecule has 0 bridgehead atoms. The number of benzene rings is 2. The van der Waals surface area contributed by atoms with Crippen molar-refractivity contribution in [3.8, 4) is 17.9 Å². The van der Waals surface area contributed by atoms with E-state index in [-0.39, 0.29) is 22.5 Å². The standard InChI is InChI=1S/C16H12N4O3/c1-2-23-16-6-4-3-5-13(16)19-14-7-11(9-17)12(10-18)8-15(14)20(21)22/h3-8,19H,2H2,1H3. The van der Waals surface area contributed by atoms with E-state index in [1.165, 1.54) is 6.07 Å². The molecule has 0 saturated carbocycles. The van der Waals surface area contributed by atoms with E-state index in [0.717, 1.165) is 6.07 Å². The fourth-order valence-corrected chi connectivity index (χ4v) is 2.02. The molecule has 23 heavy (non-hydrogen) atoms. The Morgan fingerprint density at radius 2 is 1.83 bits per heavy atom. The quantitative estimate of drug-likeness (QED) is 0.668. The van der Waals surface area contributed by atoms with E-state index in [0.29, 0.717) is 18.0 Å². The summed E-state index contributed by atoms with van der Waals surface area (Å²) in [5.41, 5.74) is 0.396. The first-order valence-electron chi connectivity index (χ1n) is 6.72. The van der Waals surface area contributed by atoms with Crippen molar-refractivity contribution in [2.24, 2.45) is 0 Å². The zero-order valence-electron chi connectivity index (χ0n) is 12.2. The van der Waals surface area contributed by atoms with Gasteiger partial charge in [0.2, 0.25) is 0 Å². The molecule has 0 unspecified atom stereocenters. The van der Waals surface area contributed by atoms with Gasteiger partial charge in [0.25, 0.3) is 5.69 Å². The molecule has 1 N–H and O–H groups in total. The molecular formula is C16H12N4O3. The summed E-state index contributed by atoms with van der Waals surface area (Å²) in [5.74, 6) is 0.534. The molecular weight excluding hydrogens is 296 g/mol. The summed E-state index contributed by atoms with van der Waals surface area (Å²) in [6.45, 7) is 2.27. The van der Waals surface area contributed by atoms with Crippen LogP contribution in [0.5, 0.6) is 5.75 Å². The molecule has 0 aliphatic carbocycles. The van der Waals surface area contributed by atoms with Crippen LogP contribution >= 0.6 is 0 Å². The Balaban J connectivity index is 2.54. The summed E-state index contributed by atoms with van der Waals surface area (Å²) in [6, 6.07) is 13.0. The van der Waals surface area contributed by atoms with Crippen LogP contribution in [0, 0.1) is 32.8 Å². The molecule has 2 aromatic carbocycles. The second kappa shape index (κ2) is 6.92. The normalized spacial score (nSPS) is 9.52. The predicted octanol–water partition coefficient (Wildman–Crippen LogP) is 3.48. The molecule has 0 radical (unpaired) electrons. The largest absolute Gasteiger partial charge is 0.492 e. The number of nitro benzene ring substituents is 1. The Kier molecular flexibility index (Phi) is 4.75. The van der Waals surface area contributed by atoms with E-state index in [1.807, 2.05) is 13.0 Å². The number of ether oxygens (including phenoxy) is 1. The summed E-state index contributed by atoms with van der Waals surface area (Å²) in [5, 5.41) is 32.2. The van der Waals surface area contributed by atoms with E-state index in [2.05, 4.69) is 5.32 Å². The van der Waals surface area contributed by atoms with Gasteiger partial charge in [-0.1, -0.05) is 12.1 Å². The monoisotopic (exact) mass is 308 g/mol. The summed E-state index contributed by atoms with van der Waals surface area (Å²) in [6.07, 6.45) is 0. The lowest BCUT2D eigenvalue weighted by atomic mass is 10.1. The average Bonchev–Trinajstić information content (AvgIpc) is 2.56. The van der Waals surface area contributed by atoms with Crippen molar-refractivity contribution >= 4 is 17.1 Å². The van der Waals surface area contributed by atoms with Crippen LogP contribution in [0.25, 0.3) is 0 Å². The van der Waals surface area contributed by atoms with Crippen molar-refractivity contribution in [1.29, 1.82) is 10.5 Å². The van der Waals surface area contributed by atoms with Crippen LogP contribution < -0.4 is 10.1 Å². The summed E-state index contributed by atoms with van der Waals surface area (Å²) < 4.78 is 5.46. The van der Waals surface area contributed by atoms with Gasteiger partial charge in [-0.2, -0.15) is 10.5 Å². The van der Waals surface area contributed by atoms with Crippen LogP contribution in [0.3, 0.4) is 0 Å². The fraction of sp³-hybridized carbons (Fsp3) is 0.125. The lowest BCUT2D eigenvalue weighted by Gasteiger charge is -2.12. The molecule has 0 fully saturated rings. The number of nitrogens with one attached hydrogen (secondary N) is 1. The van der Waals surface area contributed by atoms with Gasteiger partial charge >= 0.3 is 0 Å². The Hall–Kier alpha value is -3.58. The average molecular weight is 308 g/mol. The number of anilines is 2. The smallest absolute Gasteiger partial charge is 0.294 e. The van der Waals surface area contributed by atoms with Gasteiger partial charge in [-0.15, -0.1) is 0 Å². The van der Waals surface area contributed by atoms with Gasteiger partial charge in [-0.05, 0) is 25.1 Å². The minimum absolute atomic E-state index is 0.0390. The fourth-order valence-electron chi connectivity index (χ4n) is 2.02. The third-order valence-corrected chi connectivity index (χ3v) is 3.03. The number of hydrogen-bond acceptors (Lipinski definition) is 6. The number of nitriles is 2. The first kappa shape index (κ1) is 15.8. The maximum Gasteiger partial charge on any atom is 0.294 e. The molecule has 0 heterocycles. The minimum atomic E-state index is -0.604. The highest BCUT2D eigenvalue weighted by molar-refractivity contribution is 5.76. The maximum atomic E-state index is 11.2. The summed E-state index contributed by atoms with van der Waals surface area (Å²) in [4.78, 5) is 10.6. The topological polar surface area (TPSA) is 112 Å². The van der Waals surface area contributed by atoms with Crippen molar-refractivity contribution < 1.29 is 9.66 Å². The number of para-hydroxylation sites is 2. The van der Waals surface area contributed by atoms with E-state index in [9.17, 15) is 10.1 Å². The van der Waals surface area contributed by atoms with Crippen LogP contribution in [0.15, 0.2) is 36.4 Å². The van der Waals surface area contributed by atoms with Crippen molar-refractivity contribution in [1.82, 2.24) is 0 Å². The zero-order chi connectivity index (χ0) is 16.8. The molecule has 0 aliphatic heterocycles. The molecule has 7 heteroatoms. The van der Waals surface area contributed by atoms with Crippen LogP contribution in [-0.4, -0.2) is 11.5 Å². The Bertz CT molecular complexity index is 834. The third kappa shape index (κ3) is 3.36. The number of nitro groups is 1. The van der Waals surface area contributed by atoms with Crippen LogP contribution in [0.2, 0.25) is 0 Å². The minimum Gasteiger partial charge on any atom is -0.492 e. The van der Waals surface area contributed by atoms with Gasteiger partial charge in [0.05, 0.1) is 28.3 Å². The lowest BCUT2D eigenvalue weighted by molar-refractivity contribution is -0.383. The molecule has 114 valence electrons. The van der Waals surface area contributed by atoms with Gasteiger partial charge in [-0.3, -0.25) is 10.1 Å². The number of hydrogen-bond donors (Lipinski definition) is 1. The van der Waals surface area contributed by atoms with Gasteiger partial charge in [-0.25, -0.2) is 0 Å². The zero-order valence-corrected chi connectivity index (χ0v) is 12.2. The first-order chi connectivity index (χ1) is 11.1. The van der Waals surface area contributed by atoms with E-state index in [1.54, 1.807) is 30.3 Å². The Labute approximate surface area is 132 Å². The molecule has 2 rings (SSSR count). The van der Waals surface area contributed by atoms with Crippen molar-refractivity contribution in [3.05, 3.63) is 57.6 Å². The second-order valence-electron chi connectivity index (χ2n) is 4.45. The molecule has 0 aliphatic rings.